The molecule has 1 aromatic rings. The van der Waals surface area contributed by atoms with Crippen LogP contribution >= 0.6 is 0 Å². The minimum Gasteiger partial charge on any atom is -0.481 e. The van der Waals surface area contributed by atoms with Gasteiger partial charge in [-0.3, -0.25) is 4.79 Å². The van der Waals surface area contributed by atoms with Crippen LogP contribution in [0, 0.1) is 0 Å². The average Bonchev–Trinajstić information content (AvgIpc) is 2.34. The molecule has 110 valence electrons. The molecule has 0 aromatic heterocycles. The Labute approximate surface area is 119 Å². The SMILES string of the molecule is CCN(Cc1ccccc1)C(=O)NC(C)(C)CC(=O)O. The minimum absolute atomic E-state index is 0.109. The Balaban J connectivity index is 2.65. The summed E-state index contributed by atoms with van der Waals surface area (Å²) in [5.41, 5.74) is 0.271. The highest BCUT2D eigenvalue weighted by molar-refractivity contribution is 5.76. The highest BCUT2D eigenvalue weighted by Crippen LogP contribution is 2.11. The van der Waals surface area contributed by atoms with Crippen LogP contribution in [0.25, 0.3) is 0 Å². The van der Waals surface area contributed by atoms with Gasteiger partial charge in [0.25, 0.3) is 0 Å². The van der Waals surface area contributed by atoms with Crippen molar-refractivity contribution in [1.29, 1.82) is 0 Å². The van der Waals surface area contributed by atoms with E-state index in [1.165, 1.54) is 0 Å². The Morgan fingerprint density at radius 1 is 1.25 bits per heavy atom. The minimum atomic E-state index is -0.929. The number of carboxylic acids is 1. The fourth-order valence-corrected chi connectivity index (χ4v) is 1.92. The molecular formula is C15H22N2O3. The molecule has 5 heteroatoms. The van der Waals surface area contributed by atoms with E-state index in [-0.39, 0.29) is 12.5 Å². The van der Waals surface area contributed by atoms with E-state index in [1.54, 1.807) is 18.7 Å². The number of hydrogen-bond donors (Lipinski definition) is 2. The molecule has 0 radical (unpaired) electrons. The van der Waals surface area contributed by atoms with Crippen molar-refractivity contribution in [2.75, 3.05) is 6.54 Å². The number of carboxylic acid groups (broad SMARTS) is 1. The van der Waals surface area contributed by atoms with E-state index in [2.05, 4.69) is 5.32 Å². The lowest BCUT2D eigenvalue weighted by molar-refractivity contribution is -0.138. The van der Waals surface area contributed by atoms with Crippen molar-refractivity contribution in [3.8, 4) is 0 Å². The van der Waals surface area contributed by atoms with Gasteiger partial charge in [0.2, 0.25) is 0 Å². The van der Waals surface area contributed by atoms with Gasteiger partial charge < -0.3 is 15.3 Å². The van der Waals surface area contributed by atoms with Gasteiger partial charge in [-0.05, 0) is 26.3 Å². The van der Waals surface area contributed by atoms with Crippen molar-refractivity contribution in [3.05, 3.63) is 35.9 Å². The molecule has 0 atom stereocenters. The summed E-state index contributed by atoms with van der Waals surface area (Å²) in [7, 11) is 0. The topological polar surface area (TPSA) is 69.6 Å². The van der Waals surface area contributed by atoms with E-state index in [9.17, 15) is 9.59 Å². The van der Waals surface area contributed by atoms with Crippen LogP contribution in [0.1, 0.15) is 32.8 Å². The summed E-state index contributed by atoms with van der Waals surface area (Å²) in [6.45, 7) is 6.37. The van der Waals surface area contributed by atoms with Crippen LogP contribution in [-0.2, 0) is 11.3 Å². The van der Waals surface area contributed by atoms with Crippen molar-refractivity contribution in [2.24, 2.45) is 0 Å². The van der Waals surface area contributed by atoms with Crippen LogP contribution in [0.15, 0.2) is 30.3 Å². The zero-order valence-corrected chi connectivity index (χ0v) is 12.2. The predicted octanol–water partition coefficient (Wildman–Crippen LogP) is 2.47. The monoisotopic (exact) mass is 278 g/mol. The van der Waals surface area contributed by atoms with Crippen molar-refractivity contribution in [3.63, 3.8) is 0 Å². The highest BCUT2D eigenvalue weighted by atomic mass is 16.4. The number of nitrogens with zero attached hydrogens (tertiary/aromatic N) is 1. The molecule has 0 aliphatic carbocycles. The second-order valence-electron chi connectivity index (χ2n) is 5.38. The van der Waals surface area contributed by atoms with Gasteiger partial charge in [-0.15, -0.1) is 0 Å². The van der Waals surface area contributed by atoms with E-state index in [0.717, 1.165) is 5.56 Å². The smallest absolute Gasteiger partial charge is 0.318 e. The largest absolute Gasteiger partial charge is 0.481 e. The van der Waals surface area contributed by atoms with Gasteiger partial charge in [0.1, 0.15) is 0 Å². The quantitative estimate of drug-likeness (QED) is 0.840. The molecule has 0 saturated carbocycles. The van der Waals surface area contributed by atoms with E-state index in [4.69, 9.17) is 5.11 Å². The van der Waals surface area contributed by atoms with Gasteiger partial charge in [0.05, 0.1) is 6.42 Å². The third-order valence-corrected chi connectivity index (χ3v) is 2.92. The fourth-order valence-electron chi connectivity index (χ4n) is 1.92. The number of urea groups is 1. The highest BCUT2D eigenvalue weighted by Gasteiger charge is 2.25. The van der Waals surface area contributed by atoms with E-state index in [0.29, 0.717) is 13.1 Å². The molecule has 2 N–H and O–H groups in total. The molecule has 0 bridgehead atoms. The van der Waals surface area contributed by atoms with Gasteiger partial charge >= 0.3 is 12.0 Å². The van der Waals surface area contributed by atoms with E-state index >= 15 is 0 Å². The second-order valence-corrected chi connectivity index (χ2v) is 5.38. The Bertz CT molecular complexity index is 457. The first-order valence-electron chi connectivity index (χ1n) is 6.67. The molecule has 0 unspecified atom stereocenters. The van der Waals surface area contributed by atoms with Gasteiger partial charge in [-0.2, -0.15) is 0 Å². The Kier molecular flexibility index (Phi) is 5.55. The summed E-state index contributed by atoms with van der Waals surface area (Å²) in [5, 5.41) is 11.6. The third-order valence-electron chi connectivity index (χ3n) is 2.92. The first-order chi connectivity index (χ1) is 9.34. The first-order valence-corrected chi connectivity index (χ1v) is 6.67. The Hall–Kier alpha value is -2.04. The maximum atomic E-state index is 12.2. The first kappa shape index (κ1) is 16.0. The zero-order chi connectivity index (χ0) is 15.2. The standard InChI is InChI=1S/C15H22N2O3/c1-4-17(11-12-8-6-5-7-9-12)14(20)16-15(2,3)10-13(18)19/h5-9H,4,10-11H2,1-3H3,(H,16,20)(H,18,19). The fraction of sp³-hybridized carbons (Fsp3) is 0.467. The molecule has 2 amide bonds. The van der Waals surface area contributed by atoms with Crippen LogP contribution in [0.4, 0.5) is 4.79 Å². The summed E-state index contributed by atoms with van der Waals surface area (Å²) < 4.78 is 0. The summed E-state index contributed by atoms with van der Waals surface area (Å²) in [6.07, 6.45) is -0.109. The molecule has 0 fully saturated rings. The molecule has 0 spiro atoms. The van der Waals surface area contributed by atoms with Crippen molar-refractivity contribution >= 4 is 12.0 Å². The molecular weight excluding hydrogens is 256 g/mol. The lowest BCUT2D eigenvalue weighted by Crippen LogP contribution is -2.50. The van der Waals surface area contributed by atoms with Gasteiger partial charge in [0, 0.05) is 18.6 Å². The second kappa shape index (κ2) is 6.93. The third kappa shape index (κ3) is 5.30. The van der Waals surface area contributed by atoms with Gasteiger partial charge in [-0.1, -0.05) is 30.3 Å². The normalized spacial score (nSPS) is 10.9. The number of carbonyl (C=O) groups excluding carboxylic acids is 1. The van der Waals surface area contributed by atoms with E-state index in [1.807, 2.05) is 37.3 Å². The van der Waals surface area contributed by atoms with Crippen molar-refractivity contribution in [1.82, 2.24) is 10.2 Å². The van der Waals surface area contributed by atoms with Crippen LogP contribution in [0.2, 0.25) is 0 Å². The molecule has 0 heterocycles. The Morgan fingerprint density at radius 2 is 1.85 bits per heavy atom. The predicted molar refractivity (Wildman–Crippen MR) is 77.4 cm³/mol. The zero-order valence-electron chi connectivity index (χ0n) is 12.2. The number of carbonyl (C=O) groups is 2. The van der Waals surface area contributed by atoms with Gasteiger partial charge in [0.15, 0.2) is 0 Å². The van der Waals surface area contributed by atoms with Crippen LogP contribution < -0.4 is 5.32 Å². The van der Waals surface area contributed by atoms with Crippen LogP contribution in [-0.4, -0.2) is 34.1 Å². The number of benzene rings is 1. The molecule has 0 aliphatic rings. The Morgan fingerprint density at radius 3 is 2.35 bits per heavy atom. The molecule has 1 aromatic carbocycles. The summed E-state index contributed by atoms with van der Waals surface area (Å²) >= 11 is 0. The van der Waals surface area contributed by atoms with Crippen LogP contribution in [0.3, 0.4) is 0 Å². The molecule has 1 rings (SSSR count). The molecule has 5 nitrogen and oxygen atoms in total. The summed E-state index contributed by atoms with van der Waals surface area (Å²) in [4.78, 5) is 24.6. The molecule has 20 heavy (non-hydrogen) atoms. The molecule has 0 saturated heterocycles. The number of hydrogen-bond acceptors (Lipinski definition) is 2. The number of nitrogens with one attached hydrogen (secondary N) is 1. The maximum absolute atomic E-state index is 12.2. The molecule has 0 aliphatic heterocycles. The van der Waals surface area contributed by atoms with E-state index < -0.39 is 11.5 Å². The lowest BCUT2D eigenvalue weighted by Gasteiger charge is -2.29. The van der Waals surface area contributed by atoms with Gasteiger partial charge in [-0.25, -0.2) is 4.79 Å². The number of amides is 2. The lowest BCUT2D eigenvalue weighted by atomic mass is 10.0. The van der Waals surface area contributed by atoms with Crippen molar-refractivity contribution in [2.45, 2.75) is 39.3 Å². The van der Waals surface area contributed by atoms with Crippen molar-refractivity contribution < 1.29 is 14.7 Å². The number of rotatable bonds is 6. The van der Waals surface area contributed by atoms with Crippen LogP contribution in [0.5, 0.6) is 0 Å². The summed E-state index contributed by atoms with van der Waals surface area (Å²) in [6, 6.07) is 9.44. The number of aliphatic carboxylic acids is 1. The average molecular weight is 278 g/mol. The maximum Gasteiger partial charge on any atom is 0.318 e. The summed E-state index contributed by atoms with van der Waals surface area (Å²) in [5.74, 6) is -0.929.